The van der Waals surface area contributed by atoms with Gasteiger partial charge in [0, 0.05) is 49.9 Å². The number of carbonyl (C=O) groups is 1. The average molecular weight is 438 g/mol. The topological polar surface area (TPSA) is 53.6 Å². The Morgan fingerprint density at radius 1 is 1.20 bits per heavy atom. The van der Waals surface area contributed by atoms with Gasteiger partial charge >= 0.3 is 0 Å². The van der Waals surface area contributed by atoms with Gasteiger partial charge in [0.15, 0.2) is 0 Å². The predicted molar refractivity (Wildman–Crippen MR) is 112 cm³/mol. The van der Waals surface area contributed by atoms with Gasteiger partial charge in [-0.05, 0) is 30.2 Å². The molecule has 1 fully saturated rings. The first-order valence-electron chi connectivity index (χ1n) is 9.90. The number of ether oxygens (including phenoxy) is 1. The number of likely N-dealkylation sites (tertiary alicyclic amines) is 1. The van der Waals surface area contributed by atoms with Crippen LogP contribution >= 0.6 is 11.6 Å². The van der Waals surface area contributed by atoms with Crippen LogP contribution in [0.25, 0.3) is 0 Å². The number of rotatable bonds is 9. The van der Waals surface area contributed by atoms with Gasteiger partial charge in [0.2, 0.25) is 5.91 Å². The number of amides is 1. The molecule has 0 bridgehead atoms. The maximum atomic E-state index is 13.9. The second-order valence-corrected chi connectivity index (χ2v) is 7.74. The van der Waals surface area contributed by atoms with Crippen molar-refractivity contribution >= 4 is 17.5 Å². The van der Waals surface area contributed by atoms with E-state index in [0.29, 0.717) is 37.7 Å². The molecular weight excluding hydrogens is 412 g/mol. The molecule has 2 aromatic rings. The molecule has 5 nitrogen and oxygen atoms in total. The van der Waals surface area contributed by atoms with Crippen LogP contribution in [0.2, 0.25) is 5.02 Å². The summed E-state index contributed by atoms with van der Waals surface area (Å²) in [6, 6.07) is 10.9. The van der Waals surface area contributed by atoms with Gasteiger partial charge in [-0.3, -0.25) is 9.69 Å². The maximum absolute atomic E-state index is 13.9. The predicted octanol–water partition coefficient (Wildman–Crippen LogP) is 3.11. The standard InChI is InChI=1S/C22H26ClF2N3O2/c1-30-10-9-26-22(29)21-11-16(27-12-17-19(24)7-4-8-20(17)25)14-28(21)13-15-5-2-3-6-18(15)23/h2-8,16,21,27H,9-14H2,1H3,(H,26,29)/t16-,21-/m0/s1. The third-order valence-electron chi connectivity index (χ3n) is 5.27. The first-order valence-corrected chi connectivity index (χ1v) is 10.3. The van der Waals surface area contributed by atoms with Crippen molar-refractivity contribution in [2.24, 2.45) is 0 Å². The number of methoxy groups -OCH3 is 1. The minimum atomic E-state index is -0.581. The van der Waals surface area contributed by atoms with Crippen LogP contribution < -0.4 is 10.6 Å². The Balaban J connectivity index is 1.69. The SMILES string of the molecule is COCCNC(=O)[C@@H]1C[C@H](NCc2c(F)cccc2F)CN1Cc1ccccc1Cl. The first kappa shape index (κ1) is 22.6. The van der Waals surface area contributed by atoms with Gasteiger partial charge in [-0.25, -0.2) is 8.78 Å². The monoisotopic (exact) mass is 437 g/mol. The summed E-state index contributed by atoms with van der Waals surface area (Å²) in [4.78, 5) is 14.8. The first-order chi connectivity index (χ1) is 14.5. The lowest BCUT2D eigenvalue weighted by Gasteiger charge is -2.24. The summed E-state index contributed by atoms with van der Waals surface area (Å²) in [5.74, 6) is -1.26. The van der Waals surface area contributed by atoms with Crippen molar-refractivity contribution in [3.8, 4) is 0 Å². The van der Waals surface area contributed by atoms with Gasteiger partial charge in [0.1, 0.15) is 11.6 Å². The van der Waals surface area contributed by atoms with Gasteiger partial charge in [0.05, 0.1) is 12.6 Å². The zero-order valence-corrected chi connectivity index (χ0v) is 17.6. The van der Waals surface area contributed by atoms with Gasteiger partial charge in [-0.1, -0.05) is 35.9 Å². The fourth-order valence-corrected chi connectivity index (χ4v) is 3.88. The van der Waals surface area contributed by atoms with Gasteiger partial charge in [-0.2, -0.15) is 0 Å². The molecule has 162 valence electrons. The van der Waals surface area contributed by atoms with E-state index >= 15 is 0 Å². The summed E-state index contributed by atoms with van der Waals surface area (Å²) >= 11 is 6.30. The van der Waals surface area contributed by atoms with Crippen LogP contribution in [0.1, 0.15) is 17.5 Å². The summed E-state index contributed by atoms with van der Waals surface area (Å²) in [5, 5.41) is 6.72. The third kappa shape index (κ3) is 5.76. The Morgan fingerprint density at radius 2 is 1.93 bits per heavy atom. The van der Waals surface area contributed by atoms with Crippen LogP contribution in [0.4, 0.5) is 8.78 Å². The summed E-state index contributed by atoms with van der Waals surface area (Å²) in [5.41, 5.74) is 0.929. The molecule has 8 heteroatoms. The molecule has 0 unspecified atom stereocenters. The number of benzene rings is 2. The van der Waals surface area contributed by atoms with Crippen molar-refractivity contribution in [2.75, 3.05) is 26.8 Å². The molecular formula is C22H26ClF2N3O2. The summed E-state index contributed by atoms with van der Waals surface area (Å²) in [7, 11) is 1.58. The summed E-state index contributed by atoms with van der Waals surface area (Å²) in [6.45, 7) is 1.97. The molecule has 0 saturated carbocycles. The van der Waals surface area contributed by atoms with E-state index in [2.05, 4.69) is 10.6 Å². The second-order valence-electron chi connectivity index (χ2n) is 7.33. The number of nitrogens with one attached hydrogen (secondary N) is 2. The van der Waals surface area contributed by atoms with Crippen molar-refractivity contribution in [3.05, 3.63) is 70.2 Å². The highest BCUT2D eigenvalue weighted by atomic mass is 35.5. The number of hydrogen-bond donors (Lipinski definition) is 2. The van der Waals surface area contributed by atoms with Gasteiger partial charge < -0.3 is 15.4 Å². The number of halogens is 3. The van der Waals surface area contributed by atoms with E-state index in [1.807, 2.05) is 29.2 Å². The highest BCUT2D eigenvalue weighted by Gasteiger charge is 2.36. The smallest absolute Gasteiger partial charge is 0.237 e. The van der Waals surface area contributed by atoms with Crippen molar-refractivity contribution in [2.45, 2.75) is 31.6 Å². The molecule has 2 N–H and O–H groups in total. The van der Waals surface area contributed by atoms with Crippen LogP contribution in [0.5, 0.6) is 0 Å². The number of carbonyl (C=O) groups excluding carboxylic acids is 1. The molecule has 1 amide bonds. The Morgan fingerprint density at radius 3 is 2.63 bits per heavy atom. The fourth-order valence-electron chi connectivity index (χ4n) is 3.69. The molecule has 0 aromatic heterocycles. The molecule has 1 saturated heterocycles. The second kappa shape index (κ2) is 10.8. The lowest BCUT2D eigenvalue weighted by Crippen LogP contribution is -2.43. The zero-order valence-electron chi connectivity index (χ0n) is 16.8. The third-order valence-corrected chi connectivity index (χ3v) is 5.64. The average Bonchev–Trinajstić information content (AvgIpc) is 3.12. The molecule has 0 radical (unpaired) electrons. The van der Waals surface area contributed by atoms with Crippen LogP contribution in [0.15, 0.2) is 42.5 Å². The maximum Gasteiger partial charge on any atom is 0.237 e. The Hall–Kier alpha value is -2.06. The molecule has 2 aromatic carbocycles. The molecule has 1 aliphatic heterocycles. The van der Waals surface area contributed by atoms with Crippen LogP contribution in [0.3, 0.4) is 0 Å². The molecule has 0 aliphatic carbocycles. The summed E-state index contributed by atoms with van der Waals surface area (Å²) < 4.78 is 32.9. The fraction of sp³-hybridized carbons (Fsp3) is 0.409. The lowest BCUT2D eigenvalue weighted by atomic mass is 10.1. The lowest BCUT2D eigenvalue weighted by molar-refractivity contribution is -0.125. The van der Waals surface area contributed by atoms with E-state index in [0.717, 1.165) is 5.56 Å². The van der Waals surface area contributed by atoms with Gasteiger partial charge in [0.25, 0.3) is 0 Å². The summed E-state index contributed by atoms with van der Waals surface area (Å²) in [6.07, 6.45) is 0.527. The van der Waals surface area contributed by atoms with E-state index in [1.165, 1.54) is 18.2 Å². The highest BCUT2D eigenvalue weighted by Crippen LogP contribution is 2.25. The van der Waals surface area contributed by atoms with Crippen molar-refractivity contribution in [1.29, 1.82) is 0 Å². The Bertz CT molecular complexity index is 848. The molecule has 3 rings (SSSR count). The normalized spacial score (nSPS) is 19.2. The molecule has 1 heterocycles. The van der Waals surface area contributed by atoms with Crippen molar-refractivity contribution < 1.29 is 18.3 Å². The van der Waals surface area contributed by atoms with Crippen molar-refractivity contribution in [1.82, 2.24) is 15.5 Å². The highest BCUT2D eigenvalue weighted by molar-refractivity contribution is 6.31. The number of hydrogen-bond acceptors (Lipinski definition) is 4. The van der Waals surface area contributed by atoms with Crippen molar-refractivity contribution in [3.63, 3.8) is 0 Å². The molecule has 30 heavy (non-hydrogen) atoms. The van der Waals surface area contributed by atoms with Crippen LogP contribution in [0, 0.1) is 11.6 Å². The zero-order chi connectivity index (χ0) is 21.5. The van der Waals surface area contributed by atoms with E-state index < -0.39 is 11.6 Å². The van der Waals surface area contributed by atoms with E-state index in [-0.39, 0.29) is 30.1 Å². The van der Waals surface area contributed by atoms with Crippen LogP contribution in [-0.2, 0) is 22.6 Å². The molecule has 0 spiro atoms. The Kier molecular flexibility index (Phi) is 8.16. The van der Waals surface area contributed by atoms with Gasteiger partial charge in [-0.15, -0.1) is 0 Å². The quantitative estimate of drug-likeness (QED) is 0.592. The van der Waals surface area contributed by atoms with E-state index in [9.17, 15) is 13.6 Å². The number of nitrogens with zero attached hydrogens (tertiary/aromatic N) is 1. The minimum absolute atomic E-state index is 0.00292. The van der Waals surface area contributed by atoms with Crippen LogP contribution in [-0.4, -0.2) is 49.7 Å². The minimum Gasteiger partial charge on any atom is -0.383 e. The largest absolute Gasteiger partial charge is 0.383 e. The van der Waals surface area contributed by atoms with E-state index in [1.54, 1.807) is 7.11 Å². The Labute approximate surface area is 180 Å². The van der Waals surface area contributed by atoms with E-state index in [4.69, 9.17) is 16.3 Å². The molecule has 2 atom stereocenters. The molecule has 1 aliphatic rings.